The number of pyridine rings is 1. The van der Waals surface area contributed by atoms with E-state index in [4.69, 9.17) is 0 Å². The van der Waals surface area contributed by atoms with Gasteiger partial charge in [0.15, 0.2) is 0 Å². The molecular weight excluding hydrogens is 232 g/mol. The van der Waals surface area contributed by atoms with E-state index in [0.29, 0.717) is 0 Å². The highest BCUT2D eigenvalue weighted by Gasteiger charge is 2.24. The minimum atomic E-state index is 0.752. The molecule has 2 rings (SSSR count). The number of nitrogens with one attached hydrogen (secondary N) is 1. The molecule has 1 saturated carbocycles. The minimum Gasteiger partial charge on any atom is -0.316 e. The summed E-state index contributed by atoms with van der Waals surface area (Å²) in [5.74, 6) is 2.47. The predicted molar refractivity (Wildman–Crippen MR) is 81.1 cm³/mol. The molecule has 0 aliphatic heterocycles. The van der Waals surface area contributed by atoms with Crippen LogP contribution in [0.3, 0.4) is 0 Å². The van der Waals surface area contributed by atoms with Gasteiger partial charge < -0.3 is 5.32 Å². The molecule has 1 aromatic heterocycles. The van der Waals surface area contributed by atoms with Crippen molar-refractivity contribution in [1.29, 1.82) is 0 Å². The molecule has 0 aromatic carbocycles. The van der Waals surface area contributed by atoms with E-state index in [0.717, 1.165) is 24.3 Å². The molecule has 19 heavy (non-hydrogen) atoms. The van der Waals surface area contributed by atoms with Crippen LogP contribution >= 0.6 is 0 Å². The third kappa shape index (κ3) is 4.94. The van der Waals surface area contributed by atoms with Crippen LogP contribution in [0.2, 0.25) is 0 Å². The van der Waals surface area contributed by atoms with Crippen molar-refractivity contribution >= 4 is 0 Å². The second-order valence-electron chi connectivity index (χ2n) is 6.42. The monoisotopic (exact) mass is 260 g/mol. The van der Waals surface area contributed by atoms with Gasteiger partial charge in [-0.1, -0.05) is 26.7 Å². The molecule has 0 bridgehead atoms. The highest BCUT2D eigenvalue weighted by molar-refractivity contribution is 5.11. The van der Waals surface area contributed by atoms with Gasteiger partial charge in [-0.2, -0.15) is 0 Å². The van der Waals surface area contributed by atoms with E-state index in [1.54, 1.807) is 0 Å². The van der Waals surface area contributed by atoms with E-state index >= 15 is 0 Å². The SMILES string of the molecule is CC(C)CNCC1CCCCC1Cc1ccncc1. The Morgan fingerprint density at radius 1 is 1.16 bits per heavy atom. The molecule has 1 fully saturated rings. The van der Waals surface area contributed by atoms with Gasteiger partial charge in [-0.15, -0.1) is 0 Å². The fraction of sp³-hybridized carbons (Fsp3) is 0.706. The first-order valence-electron chi connectivity index (χ1n) is 7.85. The zero-order chi connectivity index (χ0) is 13.5. The largest absolute Gasteiger partial charge is 0.316 e. The maximum Gasteiger partial charge on any atom is 0.0270 e. The zero-order valence-corrected chi connectivity index (χ0v) is 12.4. The maximum atomic E-state index is 4.11. The van der Waals surface area contributed by atoms with Crippen molar-refractivity contribution in [1.82, 2.24) is 10.3 Å². The molecule has 0 amide bonds. The summed E-state index contributed by atoms with van der Waals surface area (Å²) < 4.78 is 0. The molecule has 0 saturated heterocycles. The van der Waals surface area contributed by atoms with Gasteiger partial charge in [0.2, 0.25) is 0 Å². The highest BCUT2D eigenvalue weighted by Crippen LogP contribution is 2.32. The standard InChI is InChI=1S/C17H28N2/c1-14(2)12-19-13-17-6-4-3-5-16(17)11-15-7-9-18-10-8-15/h7-10,14,16-17,19H,3-6,11-13H2,1-2H3. The van der Waals surface area contributed by atoms with Gasteiger partial charge in [-0.25, -0.2) is 0 Å². The number of nitrogens with zero attached hydrogens (tertiary/aromatic N) is 1. The molecular formula is C17H28N2. The van der Waals surface area contributed by atoms with Crippen LogP contribution < -0.4 is 5.32 Å². The fourth-order valence-electron chi connectivity index (χ4n) is 3.20. The first-order chi connectivity index (χ1) is 9.25. The number of rotatable bonds is 6. The van der Waals surface area contributed by atoms with Gasteiger partial charge in [0, 0.05) is 12.4 Å². The Morgan fingerprint density at radius 2 is 1.84 bits per heavy atom. The molecule has 2 heteroatoms. The number of aromatic nitrogens is 1. The summed E-state index contributed by atoms with van der Waals surface area (Å²) in [6, 6.07) is 4.35. The third-order valence-electron chi connectivity index (χ3n) is 4.27. The van der Waals surface area contributed by atoms with Gasteiger partial charge in [-0.05, 0) is 67.8 Å². The zero-order valence-electron chi connectivity index (χ0n) is 12.4. The first kappa shape index (κ1) is 14.5. The fourth-order valence-corrected chi connectivity index (χ4v) is 3.20. The summed E-state index contributed by atoms with van der Waals surface area (Å²) >= 11 is 0. The summed E-state index contributed by atoms with van der Waals surface area (Å²) in [6.07, 6.45) is 10.7. The van der Waals surface area contributed by atoms with Crippen molar-refractivity contribution in [3.63, 3.8) is 0 Å². The molecule has 2 atom stereocenters. The van der Waals surface area contributed by atoms with E-state index in [1.807, 2.05) is 12.4 Å². The lowest BCUT2D eigenvalue weighted by Gasteiger charge is -2.32. The van der Waals surface area contributed by atoms with Crippen LogP contribution in [0.25, 0.3) is 0 Å². The Morgan fingerprint density at radius 3 is 2.53 bits per heavy atom. The van der Waals surface area contributed by atoms with E-state index in [2.05, 4.69) is 36.3 Å². The summed E-state index contributed by atoms with van der Waals surface area (Å²) in [5.41, 5.74) is 1.45. The van der Waals surface area contributed by atoms with E-state index in [1.165, 1.54) is 44.2 Å². The van der Waals surface area contributed by atoms with Crippen molar-refractivity contribution in [2.75, 3.05) is 13.1 Å². The van der Waals surface area contributed by atoms with E-state index in [9.17, 15) is 0 Å². The van der Waals surface area contributed by atoms with Crippen LogP contribution in [0.4, 0.5) is 0 Å². The Kier molecular flexibility index (Phi) is 5.84. The second kappa shape index (κ2) is 7.64. The van der Waals surface area contributed by atoms with Gasteiger partial charge in [0.05, 0.1) is 0 Å². The van der Waals surface area contributed by atoms with Crippen molar-refractivity contribution < 1.29 is 0 Å². The van der Waals surface area contributed by atoms with Crippen LogP contribution in [0.1, 0.15) is 45.1 Å². The molecule has 1 N–H and O–H groups in total. The molecule has 106 valence electrons. The van der Waals surface area contributed by atoms with Gasteiger partial charge in [0.25, 0.3) is 0 Å². The molecule has 1 aromatic rings. The lowest BCUT2D eigenvalue weighted by Crippen LogP contribution is -2.33. The smallest absolute Gasteiger partial charge is 0.0270 e. The molecule has 2 unspecified atom stereocenters. The minimum absolute atomic E-state index is 0.752. The van der Waals surface area contributed by atoms with Crippen molar-refractivity contribution in [2.45, 2.75) is 46.0 Å². The van der Waals surface area contributed by atoms with E-state index < -0.39 is 0 Å². The first-order valence-corrected chi connectivity index (χ1v) is 7.85. The normalized spacial score (nSPS) is 23.7. The third-order valence-corrected chi connectivity index (χ3v) is 4.27. The quantitative estimate of drug-likeness (QED) is 0.844. The van der Waals surface area contributed by atoms with E-state index in [-0.39, 0.29) is 0 Å². The average Bonchev–Trinajstić information content (AvgIpc) is 2.41. The van der Waals surface area contributed by atoms with Crippen molar-refractivity contribution in [2.24, 2.45) is 17.8 Å². The summed E-state index contributed by atoms with van der Waals surface area (Å²) in [7, 11) is 0. The summed E-state index contributed by atoms with van der Waals surface area (Å²) in [5, 5.41) is 3.66. The molecule has 1 heterocycles. The summed E-state index contributed by atoms with van der Waals surface area (Å²) in [6.45, 7) is 6.91. The second-order valence-corrected chi connectivity index (χ2v) is 6.42. The molecule has 1 aliphatic rings. The van der Waals surface area contributed by atoms with Crippen LogP contribution in [0, 0.1) is 17.8 Å². The summed E-state index contributed by atoms with van der Waals surface area (Å²) in [4.78, 5) is 4.11. The maximum absolute atomic E-state index is 4.11. The molecule has 2 nitrogen and oxygen atoms in total. The average molecular weight is 260 g/mol. The van der Waals surface area contributed by atoms with Crippen LogP contribution in [0.15, 0.2) is 24.5 Å². The van der Waals surface area contributed by atoms with Gasteiger partial charge >= 0.3 is 0 Å². The van der Waals surface area contributed by atoms with Crippen molar-refractivity contribution in [3.8, 4) is 0 Å². The molecule has 0 spiro atoms. The van der Waals surface area contributed by atoms with Crippen molar-refractivity contribution in [3.05, 3.63) is 30.1 Å². The Balaban J connectivity index is 1.85. The lowest BCUT2D eigenvalue weighted by atomic mass is 9.76. The van der Waals surface area contributed by atoms with Crippen LogP contribution in [-0.4, -0.2) is 18.1 Å². The van der Waals surface area contributed by atoms with Gasteiger partial charge in [-0.3, -0.25) is 4.98 Å². The molecule has 1 aliphatic carbocycles. The van der Waals surface area contributed by atoms with Crippen LogP contribution in [0.5, 0.6) is 0 Å². The predicted octanol–water partition coefficient (Wildman–Crippen LogP) is 3.68. The highest BCUT2D eigenvalue weighted by atomic mass is 14.9. The lowest BCUT2D eigenvalue weighted by molar-refractivity contribution is 0.226. The topological polar surface area (TPSA) is 24.9 Å². The molecule has 0 radical (unpaired) electrons. The number of hydrogen-bond donors (Lipinski definition) is 1. The Hall–Kier alpha value is -0.890. The van der Waals surface area contributed by atoms with Crippen LogP contribution in [-0.2, 0) is 6.42 Å². The van der Waals surface area contributed by atoms with Gasteiger partial charge in [0.1, 0.15) is 0 Å². The Labute approximate surface area is 118 Å². The Bertz CT molecular complexity index is 348. The number of hydrogen-bond acceptors (Lipinski definition) is 2.